The molecule has 1 rings (SSSR count). The lowest BCUT2D eigenvalue weighted by Crippen LogP contribution is -2.31. The Morgan fingerprint density at radius 2 is 1.37 bits per heavy atom. The summed E-state index contributed by atoms with van der Waals surface area (Å²) in [5.74, 6) is -0.250. The summed E-state index contributed by atoms with van der Waals surface area (Å²) in [5, 5.41) is 0. The van der Waals surface area contributed by atoms with Crippen LogP contribution in [-0.2, 0) is 23.7 Å². The Hall–Kier alpha value is -1.86. The van der Waals surface area contributed by atoms with Gasteiger partial charge >= 0.3 is 12.1 Å². The molecule has 1 heterocycles. The molecular formula is C34H61NO6. The van der Waals surface area contributed by atoms with Crippen LogP contribution >= 0.6 is 0 Å². The highest BCUT2D eigenvalue weighted by atomic mass is 16.7. The van der Waals surface area contributed by atoms with Crippen molar-refractivity contribution in [2.24, 2.45) is 5.92 Å². The summed E-state index contributed by atoms with van der Waals surface area (Å²) in [6, 6.07) is 0. The van der Waals surface area contributed by atoms with E-state index in [1.807, 2.05) is 6.92 Å². The van der Waals surface area contributed by atoms with Crippen LogP contribution in [0.1, 0.15) is 123 Å². The van der Waals surface area contributed by atoms with Crippen molar-refractivity contribution in [3.63, 3.8) is 0 Å². The van der Waals surface area contributed by atoms with Crippen molar-refractivity contribution in [3.05, 3.63) is 24.3 Å². The van der Waals surface area contributed by atoms with E-state index in [9.17, 15) is 9.59 Å². The van der Waals surface area contributed by atoms with E-state index in [0.29, 0.717) is 19.4 Å². The minimum atomic E-state index is -0.682. The number of carbonyl (C=O) groups excluding carboxylic acids is 2. The van der Waals surface area contributed by atoms with Gasteiger partial charge in [-0.1, -0.05) is 76.7 Å². The van der Waals surface area contributed by atoms with Crippen molar-refractivity contribution >= 4 is 12.1 Å². The number of nitrogens with zero attached hydrogens (tertiary/aromatic N) is 1. The number of likely N-dealkylation sites (tertiary alicyclic amines) is 1. The highest BCUT2D eigenvalue weighted by Gasteiger charge is 2.12. The molecule has 0 aromatic heterocycles. The second kappa shape index (κ2) is 28.3. The maximum atomic E-state index is 12.0. The fourth-order valence-electron chi connectivity index (χ4n) is 4.68. The van der Waals surface area contributed by atoms with Crippen molar-refractivity contribution < 1.29 is 28.5 Å². The molecule has 0 spiro atoms. The molecule has 41 heavy (non-hydrogen) atoms. The molecule has 1 unspecified atom stereocenters. The lowest BCUT2D eigenvalue weighted by atomic mass is 10.1. The fourth-order valence-corrected chi connectivity index (χ4v) is 4.68. The predicted octanol–water partition coefficient (Wildman–Crippen LogP) is 8.42. The lowest BCUT2D eigenvalue weighted by Gasteiger charge is -2.26. The molecule has 1 fully saturated rings. The fraction of sp³-hybridized carbons (Fsp3) is 0.824. The van der Waals surface area contributed by atoms with Crippen LogP contribution < -0.4 is 0 Å². The number of piperidine rings is 1. The van der Waals surface area contributed by atoms with Crippen LogP contribution in [0, 0.1) is 5.92 Å². The first kappa shape index (κ1) is 37.2. The van der Waals surface area contributed by atoms with Crippen LogP contribution in [0.25, 0.3) is 0 Å². The molecule has 0 aromatic rings. The first-order chi connectivity index (χ1) is 20.1. The molecule has 0 amide bonds. The molecule has 1 atom stereocenters. The highest BCUT2D eigenvalue weighted by Crippen LogP contribution is 2.10. The molecule has 1 aliphatic heterocycles. The molecule has 0 saturated carbocycles. The van der Waals surface area contributed by atoms with Gasteiger partial charge in [0.15, 0.2) is 0 Å². The van der Waals surface area contributed by atoms with Crippen molar-refractivity contribution in [2.75, 3.05) is 52.7 Å². The van der Waals surface area contributed by atoms with Gasteiger partial charge in [-0.05, 0) is 70.9 Å². The number of carbonyl (C=O) groups is 2. The summed E-state index contributed by atoms with van der Waals surface area (Å²) in [4.78, 5) is 26.3. The minimum absolute atomic E-state index is 0.0701. The van der Waals surface area contributed by atoms with Crippen LogP contribution in [-0.4, -0.2) is 69.7 Å². The molecule has 7 heteroatoms. The summed E-state index contributed by atoms with van der Waals surface area (Å²) >= 11 is 0. The van der Waals surface area contributed by atoms with E-state index in [1.54, 1.807) is 0 Å². The Labute approximate surface area is 251 Å². The average Bonchev–Trinajstić information content (AvgIpc) is 2.98. The van der Waals surface area contributed by atoms with Gasteiger partial charge in [-0.2, -0.15) is 0 Å². The molecule has 0 aliphatic carbocycles. The molecule has 0 bridgehead atoms. The standard InChI is InChI=1S/C34H61NO6/c1-3-4-5-6-7-8-9-10-11-12-13-14-15-16-18-23-33(36)40-30-32(2)31-41-34(37)39-29-22-28-38-27-21-26-35-24-19-17-20-25-35/h7-8,10-11,32H,3-6,9,12-31H2,1-2H3/b8-7-,11-10-. The Balaban J connectivity index is 1.84. The van der Waals surface area contributed by atoms with Crippen LogP contribution in [0.5, 0.6) is 0 Å². The van der Waals surface area contributed by atoms with Crippen molar-refractivity contribution in [1.82, 2.24) is 4.90 Å². The Bertz CT molecular complexity index is 674. The number of unbranched alkanes of at least 4 members (excludes halogenated alkanes) is 8. The maximum absolute atomic E-state index is 12.0. The number of allylic oxidation sites excluding steroid dienone is 4. The quantitative estimate of drug-likeness (QED) is 0.0578. The van der Waals surface area contributed by atoms with Gasteiger partial charge in [0.05, 0.1) is 13.2 Å². The Morgan fingerprint density at radius 1 is 0.707 bits per heavy atom. The third-order valence-electron chi connectivity index (χ3n) is 7.21. The number of hydrogen-bond donors (Lipinski definition) is 0. The Morgan fingerprint density at radius 3 is 2.12 bits per heavy atom. The maximum Gasteiger partial charge on any atom is 0.508 e. The van der Waals surface area contributed by atoms with E-state index in [1.165, 1.54) is 70.9 Å². The van der Waals surface area contributed by atoms with Gasteiger partial charge in [0, 0.05) is 38.5 Å². The second-order valence-corrected chi connectivity index (χ2v) is 11.4. The summed E-state index contributed by atoms with van der Waals surface area (Å²) in [6.45, 7) is 9.68. The number of ether oxygens (including phenoxy) is 4. The van der Waals surface area contributed by atoms with Gasteiger partial charge < -0.3 is 23.8 Å². The van der Waals surface area contributed by atoms with Gasteiger partial charge in [-0.15, -0.1) is 0 Å². The normalized spacial score (nSPS) is 15.0. The largest absolute Gasteiger partial charge is 0.508 e. The third-order valence-corrected chi connectivity index (χ3v) is 7.21. The highest BCUT2D eigenvalue weighted by molar-refractivity contribution is 5.69. The molecule has 1 saturated heterocycles. The number of hydrogen-bond acceptors (Lipinski definition) is 7. The van der Waals surface area contributed by atoms with E-state index in [-0.39, 0.29) is 31.7 Å². The van der Waals surface area contributed by atoms with Gasteiger partial charge in [-0.3, -0.25) is 4.79 Å². The van der Waals surface area contributed by atoms with Crippen molar-refractivity contribution in [3.8, 4) is 0 Å². The van der Waals surface area contributed by atoms with E-state index < -0.39 is 6.16 Å². The average molecular weight is 580 g/mol. The van der Waals surface area contributed by atoms with Gasteiger partial charge in [0.1, 0.15) is 6.61 Å². The van der Waals surface area contributed by atoms with Crippen LogP contribution in [0.2, 0.25) is 0 Å². The predicted molar refractivity (Wildman–Crippen MR) is 167 cm³/mol. The van der Waals surface area contributed by atoms with Crippen LogP contribution in [0.3, 0.4) is 0 Å². The summed E-state index contributed by atoms with van der Waals surface area (Å²) in [5.41, 5.74) is 0. The molecular weight excluding hydrogens is 518 g/mol. The van der Waals surface area contributed by atoms with Crippen molar-refractivity contribution in [1.29, 1.82) is 0 Å². The van der Waals surface area contributed by atoms with Gasteiger partial charge in [-0.25, -0.2) is 4.79 Å². The Kier molecular flexibility index (Phi) is 25.6. The van der Waals surface area contributed by atoms with Crippen molar-refractivity contribution in [2.45, 2.75) is 123 Å². The lowest BCUT2D eigenvalue weighted by molar-refractivity contribution is -0.145. The van der Waals surface area contributed by atoms with Crippen LogP contribution in [0.15, 0.2) is 24.3 Å². The minimum Gasteiger partial charge on any atom is -0.465 e. The zero-order valence-electron chi connectivity index (χ0n) is 26.5. The van der Waals surface area contributed by atoms with E-state index in [0.717, 1.165) is 51.7 Å². The van der Waals surface area contributed by atoms with Gasteiger partial charge in [0.2, 0.25) is 0 Å². The first-order valence-electron chi connectivity index (χ1n) is 16.7. The van der Waals surface area contributed by atoms with Crippen LogP contribution in [0.4, 0.5) is 4.79 Å². The topological polar surface area (TPSA) is 74.3 Å². The number of rotatable bonds is 26. The smallest absolute Gasteiger partial charge is 0.465 e. The summed E-state index contributed by atoms with van der Waals surface area (Å²) in [7, 11) is 0. The van der Waals surface area contributed by atoms with Gasteiger partial charge in [0.25, 0.3) is 0 Å². The molecule has 7 nitrogen and oxygen atoms in total. The zero-order chi connectivity index (χ0) is 29.6. The zero-order valence-corrected chi connectivity index (χ0v) is 26.5. The molecule has 238 valence electrons. The monoisotopic (exact) mass is 579 g/mol. The molecule has 1 aliphatic rings. The molecule has 0 radical (unpaired) electrons. The third kappa shape index (κ3) is 25.6. The van der Waals surface area contributed by atoms with E-state index in [4.69, 9.17) is 18.9 Å². The van der Waals surface area contributed by atoms with E-state index in [2.05, 4.69) is 36.1 Å². The SMILES string of the molecule is CCCCC/C=C\C/C=C\CCCCCCCC(=O)OCC(C)COC(=O)OCCCOCCCN1CCCCC1. The second-order valence-electron chi connectivity index (χ2n) is 11.4. The first-order valence-corrected chi connectivity index (χ1v) is 16.7. The molecule has 0 aromatic carbocycles. The van der Waals surface area contributed by atoms with E-state index >= 15 is 0 Å². The number of esters is 1. The summed E-state index contributed by atoms with van der Waals surface area (Å²) in [6.07, 6.45) is 27.3. The molecule has 0 N–H and O–H groups in total. The summed E-state index contributed by atoms with van der Waals surface area (Å²) < 4.78 is 21.2.